The predicted molar refractivity (Wildman–Crippen MR) is 64.6 cm³/mol. The lowest BCUT2D eigenvalue weighted by Gasteiger charge is -2.26. The number of hydrogen-bond acceptors (Lipinski definition) is 2. The molecule has 0 heterocycles. The van der Waals surface area contributed by atoms with Crippen LogP contribution in [0.3, 0.4) is 0 Å². The lowest BCUT2D eigenvalue weighted by atomic mass is 10.0. The van der Waals surface area contributed by atoms with E-state index in [1.54, 1.807) is 0 Å². The van der Waals surface area contributed by atoms with Crippen LogP contribution in [0, 0.1) is 5.92 Å². The maximum absolute atomic E-state index is 11.8. The van der Waals surface area contributed by atoms with Gasteiger partial charge in [-0.2, -0.15) is 0 Å². The van der Waals surface area contributed by atoms with Crippen molar-refractivity contribution in [3.63, 3.8) is 0 Å². The number of nitrogens with zero attached hydrogens (tertiary/aromatic N) is 1. The number of carbonyl (C=O) groups is 1. The maximum Gasteiger partial charge on any atom is 0.224 e. The van der Waals surface area contributed by atoms with Crippen LogP contribution in [0.4, 0.5) is 0 Å². The number of carbonyl (C=O) groups excluding carboxylic acids is 1. The van der Waals surface area contributed by atoms with E-state index in [0.29, 0.717) is 18.4 Å². The van der Waals surface area contributed by atoms with Gasteiger partial charge in [-0.15, -0.1) is 0 Å². The fourth-order valence-electron chi connectivity index (χ4n) is 1.44. The van der Waals surface area contributed by atoms with E-state index in [9.17, 15) is 4.79 Å². The van der Waals surface area contributed by atoms with Gasteiger partial charge in [-0.3, -0.25) is 4.79 Å². The molecule has 0 saturated heterocycles. The molecule has 90 valence electrons. The van der Waals surface area contributed by atoms with E-state index in [2.05, 4.69) is 13.8 Å². The lowest BCUT2D eigenvalue weighted by Crippen LogP contribution is -2.40. The van der Waals surface area contributed by atoms with E-state index in [1.807, 2.05) is 25.8 Å². The fourth-order valence-corrected chi connectivity index (χ4v) is 1.44. The average molecular weight is 214 g/mol. The van der Waals surface area contributed by atoms with Crippen molar-refractivity contribution >= 4 is 5.91 Å². The van der Waals surface area contributed by atoms with Crippen molar-refractivity contribution < 1.29 is 4.79 Å². The van der Waals surface area contributed by atoms with Crippen molar-refractivity contribution in [2.24, 2.45) is 11.7 Å². The molecule has 2 atom stereocenters. The van der Waals surface area contributed by atoms with Gasteiger partial charge in [-0.25, -0.2) is 0 Å². The molecule has 0 aromatic carbocycles. The zero-order valence-electron chi connectivity index (χ0n) is 10.8. The first-order valence-electron chi connectivity index (χ1n) is 5.91. The third kappa shape index (κ3) is 5.17. The third-order valence-corrected chi connectivity index (χ3v) is 3.03. The first kappa shape index (κ1) is 14.4. The quantitative estimate of drug-likeness (QED) is 0.735. The van der Waals surface area contributed by atoms with Crippen LogP contribution >= 0.6 is 0 Å². The van der Waals surface area contributed by atoms with E-state index in [1.165, 1.54) is 0 Å². The summed E-state index contributed by atoms with van der Waals surface area (Å²) in [5.41, 5.74) is 5.88. The summed E-state index contributed by atoms with van der Waals surface area (Å²) < 4.78 is 0. The molecule has 0 saturated carbocycles. The van der Waals surface area contributed by atoms with E-state index < -0.39 is 0 Å². The molecule has 0 aromatic heterocycles. The van der Waals surface area contributed by atoms with E-state index in [4.69, 9.17) is 5.73 Å². The van der Waals surface area contributed by atoms with Crippen molar-refractivity contribution in [2.45, 2.75) is 59.0 Å². The Morgan fingerprint density at radius 3 is 2.27 bits per heavy atom. The Morgan fingerprint density at radius 2 is 1.87 bits per heavy atom. The molecule has 3 nitrogen and oxygen atoms in total. The Hall–Kier alpha value is -0.570. The molecule has 2 unspecified atom stereocenters. The molecule has 0 aromatic rings. The number of hydrogen-bond donors (Lipinski definition) is 1. The summed E-state index contributed by atoms with van der Waals surface area (Å²) in [6, 6.07) is 0.302. The highest BCUT2D eigenvalue weighted by molar-refractivity contribution is 5.76. The van der Waals surface area contributed by atoms with Gasteiger partial charge in [0.2, 0.25) is 5.91 Å². The van der Waals surface area contributed by atoms with Crippen molar-refractivity contribution in [3.8, 4) is 0 Å². The molecule has 0 aliphatic carbocycles. The molecule has 1 amide bonds. The van der Waals surface area contributed by atoms with Gasteiger partial charge in [0.25, 0.3) is 0 Å². The Bertz CT molecular complexity index is 192. The number of rotatable bonds is 6. The second-order valence-electron chi connectivity index (χ2n) is 4.75. The van der Waals surface area contributed by atoms with Crippen LogP contribution in [0.2, 0.25) is 0 Å². The topological polar surface area (TPSA) is 46.3 Å². The minimum atomic E-state index is -0.0197. The highest BCUT2D eigenvalue weighted by Gasteiger charge is 2.19. The van der Waals surface area contributed by atoms with Gasteiger partial charge in [0.05, 0.1) is 0 Å². The SMILES string of the molecule is CCCC(C)N(C)C(=O)CC(N)C(C)C. The second-order valence-corrected chi connectivity index (χ2v) is 4.75. The molecule has 3 heteroatoms. The zero-order chi connectivity index (χ0) is 12.0. The molecule has 0 bridgehead atoms. The molecule has 0 aliphatic heterocycles. The van der Waals surface area contributed by atoms with Gasteiger partial charge < -0.3 is 10.6 Å². The highest BCUT2D eigenvalue weighted by Crippen LogP contribution is 2.09. The Balaban J connectivity index is 4.09. The standard InChI is InChI=1S/C12H26N2O/c1-6-7-10(4)14(5)12(15)8-11(13)9(2)3/h9-11H,6-8,13H2,1-5H3. The molecule has 2 N–H and O–H groups in total. The molecule has 15 heavy (non-hydrogen) atoms. The minimum absolute atomic E-state index is 0.0197. The fraction of sp³-hybridized carbons (Fsp3) is 0.917. The summed E-state index contributed by atoms with van der Waals surface area (Å²) in [7, 11) is 1.87. The Labute approximate surface area is 94.0 Å². The largest absolute Gasteiger partial charge is 0.343 e. The summed E-state index contributed by atoms with van der Waals surface area (Å²) in [5.74, 6) is 0.529. The van der Waals surface area contributed by atoms with E-state index >= 15 is 0 Å². The molecular weight excluding hydrogens is 188 g/mol. The first-order chi connectivity index (χ1) is 6.90. The van der Waals surface area contributed by atoms with Crippen LogP contribution in [0.25, 0.3) is 0 Å². The van der Waals surface area contributed by atoms with Crippen LogP contribution in [-0.2, 0) is 4.79 Å². The van der Waals surface area contributed by atoms with Gasteiger partial charge in [0.15, 0.2) is 0 Å². The normalized spacial score (nSPS) is 15.1. The summed E-state index contributed by atoms with van der Waals surface area (Å²) >= 11 is 0. The van der Waals surface area contributed by atoms with Gasteiger partial charge in [0.1, 0.15) is 0 Å². The summed E-state index contributed by atoms with van der Waals surface area (Å²) in [6.07, 6.45) is 2.62. The highest BCUT2D eigenvalue weighted by atomic mass is 16.2. The van der Waals surface area contributed by atoms with Crippen molar-refractivity contribution in [2.75, 3.05) is 7.05 Å². The number of amides is 1. The maximum atomic E-state index is 11.8. The van der Waals surface area contributed by atoms with Crippen molar-refractivity contribution in [3.05, 3.63) is 0 Å². The van der Waals surface area contributed by atoms with Crippen LogP contribution in [0.5, 0.6) is 0 Å². The van der Waals surface area contributed by atoms with Crippen molar-refractivity contribution in [1.29, 1.82) is 0 Å². The van der Waals surface area contributed by atoms with Crippen LogP contribution in [0.1, 0.15) is 47.0 Å². The summed E-state index contributed by atoms with van der Waals surface area (Å²) in [6.45, 7) is 8.32. The summed E-state index contributed by atoms with van der Waals surface area (Å²) in [4.78, 5) is 13.6. The molecule has 0 spiro atoms. The lowest BCUT2D eigenvalue weighted by molar-refractivity contribution is -0.132. The van der Waals surface area contributed by atoms with Crippen LogP contribution in [-0.4, -0.2) is 29.9 Å². The Morgan fingerprint density at radius 1 is 1.33 bits per heavy atom. The monoisotopic (exact) mass is 214 g/mol. The van der Waals surface area contributed by atoms with E-state index in [0.717, 1.165) is 12.8 Å². The van der Waals surface area contributed by atoms with Crippen LogP contribution in [0.15, 0.2) is 0 Å². The summed E-state index contributed by atoms with van der Waals surface area (Å²) in [5, 5.41) is 0. The molecule has 0 radical (unpaired) electrons. The van der Waals surface area contributed by atoms with Gasteiger partial charge in [0, 0.05) is 25.6 Å². The first-order valence-corrected chi connectivity index (χ1v) is 5.91. The minimum Gasteiger partial charge on any atom is -0.343 e. The second kappa shape index (κ2) is 6.83. The molecule has 0 fully saturated rings. The molecular formula is C12H26N2O. The van der Waals surface area contributed by atoms with Crippen LogP contribution < -0.4 is 5.73 Å². The molecule has 0 aliphatic rings. The number of nitrogens with two attached hydrogens (primary N) is 1. The third-order valence-electron chi connectivity index (χ3n) is 3.03. The van der Waals surface area contributed by atoms with Gasteiger partial charge in [-0.1, -0.05) is 27.2 Å². The van der Waals surface area contributed by atoms with E-state index in [-0.39, 0.29) is 11.9 Å². The smallest absolute Gasteiger partial charge is 0.224 e. The van der Waals surface area contributed by atoms with Crippen molar-refractivity contribution in [1.82, 2.24) is 4.90 Å². The molecule has 0 rings (SSSR count). The predicted octanol–water partition coefficient (Wildman–Crippen LogP) is 2.01. The Kier molecular flexibility index (Phi) is 6.57. The zero-order valence-corrected chi connectivity index (χ0v) is 10.8. The van der Waals surface area contributed by atoms with Gasteiger partial charge in [-0.05, 0) is 19.3 Å². The average Bonchev–Trinajstić information content (AvgIpc) is 2.16. The van der Waals surface area contributed by atoms with Gasteiger partial charge >= 0.3 is 0 Å².